The van der Waals surface area contributed by atoms with Crippen LogP contribution in [0.15, 0.2) is 42.7 Å². The van der Waals surface area contributed by atoms with Crippen molar-refractivity contribution < 1.29 is 19.1 Å². The number of aryl methyl sites for hydroxylation is 1. The number of imidazole rings is 1. The molecule has 0 saturated heterocycles. The second kappa shape index (κ2) is 11.7. The standard InChI is InChI=1S/C36H44FN7O3/c1-19(2)43-18-40-29-16-27(41-32(31(29)43)42-28-15-24(33(45)38-8)20(3)11-26(28)37)21-9-10-25-30(12-21)44(34(46)36(25,6)7)23-13-22(14-23)39-17-35(4,5)47/h9-12,15-16,18-19,22-23,39,47H,13-14,17H2,1-8H3,(H,38,45)(H,41,42)/t22-,23+. The maximum atomic E-state index is 15.3. The van der Waals surface area contributed by atoms with Crippen LogP contribution in [0.5, 0.6) is 0 Å². The summed E-state index contributed by atoms with van der Waals surface area (Å²) >= 11 is 0. The van der Waals surface area contributed by atoms with Gasteiger partial charge in [-0.25, -0.2) is 14.4 Å². The number of anilines is 3. The molecule has 6 rings (SSSR count). The Kier molecular flexibility index (Phi) is 8.12. The highest BCUT2D eigenvalue weighted by molar-refractivity contribution is 6.09. The molecule has 2 aliphatic rings. The fraction of sp³-hybridized carbons (Fsp3) is 0.444. The van der Waals surface area contributed by atoms with Crippen molar-refractivity contribution in [2.45, 2.75) is 90.4 Å². The molecule has 2 aromatic heterocycles. The zero-order chi connectivity index (χ0) is 34.0. The highest BCUT2D eigenvalue weighted by atomic mass is 19.1. The van der Waals surface area contributed by atoms with Gasteiger partial charge < -0.3 is 30.5 Å². The van der Waals surface area contributed by atoms with Crippen molar-refractivity contribution in [3.05, 3.63) is 65.2 Å². The quantitative estimate of drug-likeness (QED) is 0.184. The molecule has 1 saturated carbocycles. The summed E-state index contributed by atoms with van der Waals surface area (Å²) in [4.78, 5) is 38.0. The van der Waals surface area contributed by atoms with Crippen molar-refractivity contribution in [1.82, 2.24) is 25.2 Å². The van der Waals surface area contributed by atoms with E-state index >= 15 is 4.39 Å². The number of carbonyl (C=O) groups excluding carboxylic acids is 2. The van der Waals surface area contributed by atoms with Gasteiger partial charge >= 0.3 is 0 Å². The fourth-order valence-corrected chi connectivity index (χ4v) is 6.63. The summed E-state index contributed by atoms with van der Waals surface area (Å²) in [6.45, 7) is 13.7. The molecule has 248 valence electrons. The third-order valence-electron chi connectivity index (χ3n) is 9.43. The van der Waals surface area contributed by atoms with E-state index < -0.39 is 16.8 Å². The molecule has 4 N–H and O–H groups in total. The number of carbonyl (C=O) groups is 2. The Balaban J connectivity index is 1.40. The SMILES string of the molecule is CNC(=O)c1cc(Nc2nc(-c3ccc4c(c3)N([C@H]3C[C@@H](NCC(C)(C)O)C3)C(=O)C4(C)C)cc3ncn(C(C)C)c23)c(F)cc1C. The van der Waals surface area contributed by atoms with Gasteiger partial charge in [0.2, 0.25) is 5.91 Å². The third-order valence-corrected chi connectivity index (χ3v) is 9.43. The van der Waals surface area contributed by atoms with Crippen LogP contribution in [0.1, 0.15) is 81.9 Å². The number of hydrogen-bond donors (Lipinski definition) is 4. The lowest BCUT2D eigenvalue weighted by molar-refractivity contribution is -0.123. The molecule has 11 heteroatoms. The lowest BCUT2D eigenvalue weighted by Gasteiger charge is -2.43. The Hall–Kier alpha value is -4.35. The van der Waals surface area contributed by atoms with Gasteiger partial charge in [-0.05, 0) is 96.7 Å². The largest absolute Gasteiger partial charge is 0.389 e. The summed E-state index contributed by atoms with van der Waals surface area (Å²) < 4.78 is 17.3. The van der Waals surface area contributed by atoms with Gasteiger partial charge in [-0.3, -0.25) is 9.59 Å². The van der Waals surface area contributed by atoms with E-state index in [-0.39, 0.29) is 35.6 Å². The number of aromatic nitrogens is 3. The van der Waals surface area contributed by atoms with Crippen molar-refractivity contribution in [2.24, 2.45) is 0 Å². The van der Waals surface area contributed by atoms with Gasteiger partial charge in [0.25, 0.3) is 5.91 Å². The van der Waals surface area contributed by atoms with Crippen LogP contribution in [0.4, 0.5) is 21.6 Å². The van der Waals surface area contributed by atoms with Gasteiger partial charge in [-0.15, -0.1) is 0 Å². The summed E-state index contributed by atoms with van der Waals surface area (Å²) in [5, 5.41) is 19.3. The average molecular weight is 642 g/mol. The Morgan fingerprint density at radius 2 is 1.89 bits per heavy atom. The van der Waals surface area contributed by atoms with Gasteiger partial charge in [0, 0.05) is 48.5 Å². The Bertz CT molecular complexity index is 1890. The predicted molar refractivity (Wildman–Crippen MR) is 183 cm³/mol. The van der Waals surface area contributed by atoms with E-state index in [1.165, 1.54) is 12.1 Å². The highest BCUT2D eigenvalue weighted by Gasteiger charge is 2.49. The molecular weight excluding hydrogens is 597 g/mol. The lowest BCUT2D eigenvalue weighted by Crippen LogP contribution is -2.56. The van der Waals surface area contributed by atoms with Gasteiger partial charge in [-0.2, -0.15) is 0 Å². The molecule has 0 radical (unpaired) electrons. The first-order valence-electron chi connectivity index (χ1n) is 16.2. The van der Waals surface area contributed by atoms with Crippen molar-refractivity contribution in [2.75, 3.05) is 23.8 Å². The Morgan fingerprint density at radius 3 is 2.55 bits per heavy atom. The van der Waals surface area contributed by atoms with Gasteiger partial charge in [0.1, 0.15) is 11.3 Å². The van der Waals surface area contributed by atoms with Gasteiger partial charge in [0.05, 0.1) is 34.2 Å². The van der Waals surface area contributed by atoms with Crippen LogP contribution in [0, 0.1) is 12.7 Å². The highest BCUT2D eigenvalue weighted by Crippen LogP contribution is 2.47. The maximum Gasteiger partial charge on any atom is 0.251 e. The van der Waals surface area contributed by atoms with Crippen LogP contribution in [0.3, 0.4) is 0 Å². The first-order chi connectivity index (χ1) is 22.1. The van der Waals surface area contributed by atoms with Crippen LogP contribution >= 0.6 is 0 Å². The molecule has 3 heterocycles. The van der Waals surface area contributed by atoms with Crippen molar-refractivity contribution in [3.8, 4) is 11.3 Å². The minimum Gasteiger partial charge on any atom is -0.389 e. The molecule has 1 aliphatic heterocycles. The van der Waals surface area contributed by atoms with Gasteiger partial charge in [-0.1, -0.05) is 12.1 Å². The van der Waals surface area contributed by atoms with E-state index in [4.69, 9.17) is 4.98 Å². The first-order valence-corrected chi connectivity index (χ1v) is 16.2. The predicted octanol–water partition coefficient (Wildman–Crippen LogP) is 5.75. The molecule has 47 heavy (non-hydrogen) atoms. The number of pyridine rings is 1. The number of rotatable bonds is 9. The number of nitrogens with one attached hydrogen (secondary N) is 3. The third kappa shape index (κ3) is 5.87. The molecule has 0 atom stereocenters. The van der Waals surface area contributed by atoms with E-state index in [1.54, 1.807) is 34.1 Å². The zero-order valence-electron chi connectivity index (χ0n) is 28.3. The van der Waals surface area contributed by atoms with E-state index in [1.807, 2.05) is 61.4 Å². The molecule has 2 aromatic carbocycles. The number of aliphatic hydroxyl groups is 1. The maximum absolute atomic E-state index is 15.3. The average Bonchev–Trinajstić information content (AvgIpc) is 3.50. The van der Waals surface area contributed by atoms with Crippen molar-refractivity contribution in [3.63, 3.8) is 0 Å². The minimum absolute atomic E-state index is 0.0472. The van der Waals surface area contributed by atoms with Crippen molar-refractivity contribution >= 4 is 40.0 Å². The van der Waals surface area contributed by atoms with Crippen molar-refractivity contribution in [1.29, 1.82) is 0 Å². The molecule has 1 fully saturated rings. The van der Waals surface area contributed by atoms with Gasteiger partial charge in [0.15, 0.2) is 5.82 Å². The zero-order valence-corrected chi connectivity index (χ0v) is 28.3. The molecule has 0 bridgehead atoms. The fourth-order valence-electron chi connectivity index (χ4n) is 6.63. The van der Waals surface area contributed by atoms with Crippen LogP contribution in [0.25, 0.3) is 22.3 Å². The number of halogens is 1. The number of benzene rings is 2. The Morgan fingerprint density at radius 1 is 1.17 bits per heavy atom. The second-order valence-corrected chi connectivity index (χ2v) is 14.4. The van der Waals surface area contributed by atoms with Crippen LogP contribution in [-0.4, -0.2) is 62.7 Å². The molecule has 10 nitrogen and oxygen atoms in total. The summed E-state index contributed by atoms with van der Waals surface area (Å²) in [7, 11) is 1.54. The Labute approximate surface area is 274 Å². The van der Waals surface area contributed by atoms with E-state index in [0.29, 0.717) is 40.2 Å². The van der Waals surface area contributed by atoms with E-state index in [2.05, 4.69) is 20.9 Å². The smallest absolute Gasteiger partial charge is 0.251 e. The van der Waals surface area contributed by atoms with Crippen LogP contribution in [-0.2, 0) is 10.2 Å². The first kappa shape index (κ1) is 32.6. The monoisotopic (exact) mass is 641 g/mol. The summed E-state index contributed by atoms with van der Waals surface area (Å²) in [5.41, 5.74) is 4.18. The number of hydrogen-bond acceptors (Lipinski definition) is 7. The summed E-state index contributed by atoms with van der Waals surface area (Å²) in [5.74, 6) is -0.340. The summed E-state index contributed by atoms with van der Waals surface area (Å²) in [6.07, 6.45) is 3.34. The van der Waals surface area contributed by atoms with Crippen LogP contribution in [0.2, 0.25) is 0 Å². The summed E-state index contributed by atoms with van der Waals surface area (Å²) in [6, 6.07) is 11.1. The number of nitrogens with zero attached hydrogens (tertiary/aromatic N) is 4. The minimum atomic E-state index is -0.803. The van der Waals surface area contributed by atoms with E-state index in [0.717, 1.165) is 29.7 Å². The normalized spacial score (nSPS) is 18.9. The number of fused-ring (bicyclic) bond motifs is 2. The topological polar surface area (TPSA) is 124 Å². The van der Waals surface area contributed by atoms with Crippen LogP contribution < -0.4 is 20.9 Å². The second-order valence-electron chi connectivity index (χ2n) is 14.4. The molecular formula is C36H44FN7O3. The molecule has 4 aromatic rings. The molecule has 0 unspecified atom stereocenters. The lowest BCUT2D eigenvalue weighted by atomic mass is 9.84. The molecule has 2 amide bonds. The molecule has 1 aliphatic carbocycles. The number of amides is 2. The molecule has 0 spiro atoms. The van der Waals surface area contributed by atoms with E-state index in [9.17, 15) is 14.7 Å².